The molecule has 3 aromatic rings. The van der Waals surface area contributed by atoms with Gasteiger partial charge in [-0.2, -0.15) is 0 Å². The van der Waals surface area contributed by atoms with E-state index >= 15 is 0 Å². The van der Waals surface area contributed by atoms with Gasteiger partial charge in [-0.15, -0.1) is 0 Å². The van der Waals surface area contributed by atoms with Crippen molar-refractivity contribution in [2.45, 2.75) is 40.2 Å². The first kappa shape index (κ1) is 19.5. The molecule has 0 saturated carbocycles. The summed E-state index contributed by atoms with van der Waals surface area (Å²) in [6.07, 6.45) is 5.20. The summed E-state index contributed by atoms with van der Waals surface area (Å²) >= 11 is 0. The number of pyridine rings is 1. The molecule has 144 valence electrons. The average Bonchev–Trinajstić information content (AvgIpc) is 2.72. The molecule has 2 heterocycles. The zero-order valence-corrected chi connectivity index (χ0v) is 16.5. The number of aromatic nitrogens is 3. The Morgan fingerprint density at radius 3 is 2.32 bits per heavy atom. The lowest BCUT2D eigenvalue weighted by atomic mass is 10.0. The Balaban J connectivity index is 1.80. The molecule has 6 nitrogen and oxygen atoms in total. The highest BCUT2D eigenvalue weighted by atomic mass is 16.1. The van der Waals surface area contributed by atoms with Gasteiger partial charge in [0.25, 0.3) is 5.91 Å². The Morgan fingerprint density at radius 1 is 1.00 bits per heavy atom. The van der Waals surface area contributed by atoms with Crippen LogP contribution in [0, 0.1) is 6.92 Å². The summed E-state index contributed by atoms with van der Waals surface area (Å²) in [7, 11) is 0. The number of para-hydroxylation sites is 1. The van der Waals surface area contributed by atoms with E-state index in [9.17, 15) is 4.79 Å². The largest absolute Gasteiger partial charge is 0.366 e. The molecular formula is C22H25N5O. The Hall–Kier alpha value is -3.28. The van der Waals surface area contributed by atoms with Crippen LogP contribution >= 0.6 is 0 Å². The summed E-state index contributed by atoms with van der Waals surface area (Å²) in [5, 5.41) is 6.31. The lowest BCUT2D eigenvalue weighted by molar-refractivity contribution is 0.102. The molecule has 0 aliphatic heterocycles. The van der Waals surface area contributed by atoms with Crippen molar-refractivity contribution in [2.75, 3.05) is 10.6 Å². The Kier molecular flexibility index (Phi) is 6.32. The van der Waals surface area contributed by atoms with Crippen molar-refractivity contribution in [3.8, 4) is 0 Å². The van der Waals surface area contributed by atoms with E-state index in [4.69, 9.17) is 0 Å². The van der Waals surface area contributed by atoms with E-state index in [1.807, 2.05) is 30.3 Å². The molecule has 0 aliphatic carbocycles. The Labute approximate surface area is 165 Å². The summed E-state index contributed by atoms with van der Waals surface area (Å²) in [6, 6.07) is 11.7. The maximum Gasteiger partial charge on any atom is 0.274 e. The van der Waals surface area contributed by atoms with Crippen LogP contribution in [0.4, 0.5) is 11.5 Å². The number of amides is 1. The van der Waals surface area contributed by atoms with E-state index in [0.29, 0.717) is 23.9 Å². The van der Waals surface area contributed by atoms with Gasteiger partial charge in [0, 0.05) is 30.7 Å². The highest BCUT2D eigenvalue weighted by molar-refractivity contribution is 6.04. The van der Waals surface area contributed by atoms with Gasteiger partial charge in [-0.3, -0.25) is 9.78 Å². The lowest BCUT2D eigenvalue weighted by Gasteiger charge is -2.15. The predicted octanol–water partition coefficient (Wildman–Crippen LogP) is 4.17. The number of carbonyl (C=O) groups excluding carboxylic acids is 1. The zero-order chi connectivity index (χ0) is 19.9. The summed E-state index contributed by atoms with van der Waals surface area (Å²) in [5.74, 6) is 0.936. The summed E-state index contributed by atoms with van der Waals surface area (Å²) in [5.41, 5.74) is 4.56. The second kappa shape index (κ2) is 9.08. The number of nitrogens with one attached hydrogen (secondary N) is 2. The first-order valence-corrected chi connectivity index (χ1v) is 9.51. The molecule has 2 aromatic heterocycles. The summed E-state index contributed by atoms with van der Waals surface area (Å²) < 4.78 is 0. The first-order valence-electron chi connectivity index (χ1n) is 9.51. The maximum absolute atomic E-state index is 12.9. The van der Waals surface area contributed by atoms with Crippen molar-refractivity contribution in [3.63, 3.8) is 0 Å². The minimum atomic E-state index is -0.229. The number of hydrogen-bond acceptors (Lipinski definition) is 5. The molecule has 1 amide bonds. The number of carbonyl (C=O) groups is 1. The monoisotopic (exact) mass is 375 g/mol. The number of hydrogen-bond donors (Lipinski definition) is 2. The topological polar surface area (TPSA) is 79.8 Å². The fourth-order valence-corrected chi connectivity index (χ4v) is 3.05. The van der Waals surface area contributed by atoms with Crippen LogP contribution in [0.25, 0.3) is 0 Å². The molecule has 0 fully saturated rings. The molecule has 0 saturated heterocycles. The van der Waals surface area contributed by atoms with E-state index in [2.05, 4.69) is 39.4 Å². The number of nitrogens with zero attached hydrogens (tertiary/aromatic N) is 3. The molecule has 6 heteroatoms. The van der Waals surface area contributed by atoms with Crippen LogP contribution in [0.1, 0.15) is 46.9 Å². The third-order valence-electron chi connectivity index (χ3n) is 4.53. The van der Waals surface area contributed by atoms with E-state index in [0.717, 1.165) is 35.2 Å². The molecule has 0 unspecified atom stereocenters. The quantitative estimate of drug-likeness (QED) is 0.648. The Bertz CT molecular complexity index is 934. The second-order valence-corrected chi connectivity index (χ2v) is 6.51. The van der Waals surface area contributed by atoms with Gasteiger partial charge < -0.3 is 10.6 Å². The van der Waals surface area contributed by atoms with Crippen molar-refractivity contribution in [3.05, 3.63) is 77.0 Å². The third kappa shape index (κ3) is 4.71. The van der Waals surface area contributed by atoms with E-state index in [1.165, 1.54) is 0 Å². The normalized spacial score (nSPS) is 10.5. The van der Waals surface area contributed by atoms with Crippen LogP contribution in [0.15, 0.2) is 48.8 Å². The van der Waals surface area contributed by atoms with Crippen LogP contribution in [0.2, 0.25) is 0 Å². The summed E-state index contributed by atoms with van der Waals surface area (Å²) in [6.45, 7) is 6.55. The molecule has 2 N–H and O–H groups in total. The predicted molar refractivity (Wildman–Crippen MR) is 111 cm³/mol. The molecular weight excluding hydrogens is 350 g/mol. The van der Waals surface area contributed by atoms with Gasteiger partial charge in [-0.1, -0.05) is 32.0 Å². The highest BCUT2D eigenvalue weighted by Gasteiger charge is 2.14. The number of anilines is 2. The van der Waals surface area contributed by atoms with E-state index in [-0.39, 0.29) is 5.91 Å². The standard InChI is InChI=1S/C22H25N5O/c1-4-17-7-6-8-18(5-2)21(17)27-22(28)19-13-20(26-15(3)25-19)24-14-16-9-11-23-12-10-16/h6-13H,4-5,14H2,1-3H3,(H,27,28)(H,24,25,26). The van der Waals surface area contributed by atoms with E-state index < -0.39 is 0 Å². The smallest absolute Gasteiger partial charge is 0.274 e. The van der Waals surface area contributed by atoms with Crippen LogP contribution in [0.3, 0.4) is 0 Å². The van der Waals surface area contributed by atoms with Crippen molar-refractivity contribution < 1.29 is 4.79 Å². The van der Waals surface area contributed by atoms with Gasteiger partial charge in [0.2, 0.25) is 0 Å². The van der Waals surface area contributed by atoms with Crippen LogP contribution in [-0.4, -0.2) is 20.9 Å². The lowest BCUT2D eigenvalue weighted by Crippen LogP contribution is -2.18. The number of aryl methyl sites for hydroxylation is 3. The maximum atomic E-state index is 12.9. The third-order valence-corrected chi connectivity index (χ3v) is 4.53. The number of rotatable bonds is 7. The van der Waals surface area contributed by atoms with Crippen molar-refractivity contribution in [1.82, 2.24) is 15.0 Å². The van der Waals surface area contributed by atoms with Crippen LogP contribution in [0.5, 0.6) is 0 Å². The van der Waals surface area contributed by atoms with Crippen molar-refractivity contribution in [1.29, 1.82) is 0 Å². The van der Waals surface area contributed by atoms with Gasteiger partial charge in [-0.05, 0) is 48.6 Å². The van der Waals surface area contributed by atoms with Gasteiger partial charge in [-0.25, -0.2) is 9.97 Å². The van der Waals surface area contributed by atoms with Gasteiger partial charge in [0.05, 0.1) is 0 Å². The number of benzene rings is 1. The van der Waals surface area contributed by atoms with Gasteiger partial charge >= 0.3 is 0 Å². The average molecular weight is 375 g/mol. The minimum Gasteiger partial charge on any atom is -0.366 e. The van der Waals surface area contributed by atoms with Crippen molar-refractivity contribution >= 4 is 17.4 Å². The van der Waals surface area contributed by atoms with Gasteiger partial charge in [0.1, 0.15) is 17.3 Å². The Morgan fingerprint density at radius 2 is 1.68 bits per heavy atom. The molecule has 28 heavy (non-hydrogen) atoms. The second-order valence-electron chi connectivity index (χ2n) is 6.51. The molecule has 0 atom stereocenters. The van der Waals surface area contributed by atoms with Gasteiger partial charge in [0.15, 0.2) is 0 Å². The zero-order valence-electron chi connectivity index (χ0n) is 16.5. The van der Waals surface area contributed by atoms with E-state index in [1.54, 1.807) is 25.4 Å². The van der Waals surface area contributed by atoms with Crippen molar-refractivity contribution in [2.24, 2.45) is 0 Å². The molecule has 0 spiro atoms. The fraction of sp³-hybridized carbons (Fsp3) is 0.273. The molecule has 0 aliphatic rings. The minimum absolute atomic E-state index is 0.229. The fourth-order valence-electron chi connectivity index (χ4n) is 3.05. The molecule has 1 aromatic carbocycles. The van der Waals surface area contributed by atoms with Crippen LogP contribution in [-0.2, 0) is 19.4 Å². The highest BCUT2D eigenvalue weighted by Crippen LogP contribution is 2.23. The molecule has 0 radical (unpaired) electrons. The van der Waals surface area contributed by atoms with Crippen LogP contribution < -0.4 is 10.6 Å². The SMILES string of the molecule is CCc1cccc(CC)c1NC(=O)c1cc(NCc2ccncc2)nc(C)n1. The summed E-state index contributed by atoms with van der Waals surface area (Å²) in [4.78, 5) is 25.6. The molecule has 3 rings (SSSR count). The first-order chi connectivity index (χ1) is 13.6. The molecule has 0 bridgehead atoms.